The van der Waals surface area contributed by atoms with Crippen LogP contribution in [0.3, 0.4) is 0 Å². The number of ether oxygens (including phenoxy) is 1. The molecule has 5 aliphatic rings. The van der Waals surface area contributed by atoms with Gasteiger partial charge in [0.15, 0.2) is 5.78 Å². The first-order chi connectivity index (χ1) is 15.7. The normalized spacial score (nSPS) is 47.1. The van der Waals surface area contributed by atoms with Gasteiger partial charge in [0, 0.05) is 18.8 Å². The van der Waals surface area contributed by atoms with Gasteiger partial charge in [0.25, 0.3) is 0 Å². The third-order valence-electron chi connectivity index (χ3n) is 12.5. The molecule has 3 nitrogen and oxygen atoms in total. The molecule has 3 saturated carbocycles. The zero-order chi connectivity index (χ0) is 24.9. The van der Waals surface area contributed by atoms with Crippen molar-refractivity contribution in [1.29, 1.82) is 0 Å². The van der Waals surface area contributed by atoms with Crippen molar-refractivity contribution in [2.24, 2.45) is 44.8 Å². The Morgan fingerprint density at radius 1 is 0.824 bits per heavy atom. The van der Waals surface area contributed by atoms with Gasteiger partial charge in [-0.1, -0.05) is 54.0 Å². The lowest BCUT2D eigenvalue weighted by molar-refractivity contribution is -0.228. The lowest BCUT2D eigenvalue weighted by atomic mass is 9.33. The van der Waals surface area contributed by atoms with Gasteiger partial charge in [-0.2, -0.15) is 0 Å². The summed E-state index contributed by atoms with van der Waals surface area (Å²) in [7, 11) is 0. The molecular weight excluding hydrogens is 420 g/mol. The van der Waals surface area contributed by atoms with Crippen LogP contribution in [0.5, 0.6) is 0 Å². The average Bonchev–Trinajstić information content (AvgIpc) is 2.70. The van der Waals surface area contributed by atoms with Crippen LogP contribution in [-0.4, -0.2) is 17.9 Å². The maximum absolute atomic E-state index is 13.6. The van der Waals surface area contributed by atoms with E-state index in [2.05, 4.69) is 48.5 Å². The summed E-state index contributed by atoms with van der Waals surface area (Å²) in [4.78, 5) is 25.5. The van der Waals surface area contributed by atoms with Crippen LogP contribution in [0.1, 0.15) is 120 Å². The number of rotatable bonds is 1. The number of carbonyl (C=O) groups excluding carboxylic acids is 2. The Bertz CT molecular complexity index is 940. The Labute approximate surface area is 207 Å². The predicted octanol–water partition coefficient (Wildman–Crippen LogP) is 7.67. The molecular formula is C31H48O3. The second kappa shape index (κ2) is 7.45. The average molecular weight is 469 g/mol. The van der Waals surface area contributed by atoms with Crippen molar-refractivity contribution in [3.63, 3.8) is 0 Å². The zero-order valence-electron chi connectivity index (χ0n) is 23.1. The molecule has 0 radical (unpaired) electrons. The van der Waals surface area contributed by atoms with Crippen LogP contribution >= 0.6 is 0 Å². The second-order valence-corrected chi connectivity index (χ2v) is 15.0. The summed E-state index contributed by atoms with van der Waals surface area (Å²) in [5, 5.41) is 0. The zero-order valence-corrected chi connectivity index (χ0v) is 23.1. The Balaban J connectivity index is 1.52. The molecule has 7 atom stereocenters. The SMILES string of the molecule is CC(=O)OC1CCC2(C)C(CCC3(C)C2CCC2C4=C(CCC(C)(C)C4)C(=O)CC23C)C1(C)C. The quantitative estimate of drug-likeness (QED) is 0.371. The molecule has 5 rings (SSSR count). The smallest absolute Gasteiger partial charge is 0.302 e. The van der Waals surface area contributed by atoms with Crippen molar-refractivity contribution in [1.82, 2.24) is 0 Å². The van der Waals surface area contributed by atoms with Gasteiger partial charge < -0.3 is 4.74 Å². The van der Waals surface area contributed by atoms with Crippen LogP contribution in [0, 0.1) is 44.8 Å². The highest BCUT2D eigenvalue weighted by molar-refractivity contribution is 5.98. The highest BCUT2D eigenvalue weighted by Crippen LogP contribution is 2.74. The standard InChI is InChI=1S/C31H48O3/c1-19(32)34-26-13-15-29(6)24(28(26,4)5)12-16-30(7)25(29)10-9-22-21-17-27(2,3)14-11-20(21)23(33)18-31(22,30)8/h22,24-26H,9-18H2,1-8H3. The molecule has 0 aromatic rings. The van der Waals surface area contributed by atoms with E-state index < -0.39 is 0 Å². The fourth-order valence-electron chi connectivity index (χ4n) is 10.6. The number of fused-ring (bicyclic) bond motifs is 6. The van der Waals surface area contributed by atoms with Gasteiger partial charge in [0.05, 0.1) is 0 Å². The molecule has 0 bridgehead atoms. The van der Waals surface area contributed by atoms with Gasteiger partial charge in [-0.05, 0) is 103 Å². The van der Waals surface area contributed by atoms with E-state index in [0.717, 1.165) is 38.5 Å². The minimum atomic E-state index is -0.143. The van der Waals surface area contributed by atoms with E-state index in [0.29, 0.717) is 29.0 Å². The van der Waals surface area contributed by atoms with Crippen molar-refractivity contribution in [3.8, 4) is 0 Å². The van der Waals surface area contributed by atoms with Crippen molar-refractivity contribution in [2.75, 3.05) is 0 Å². The van der Waals surface area contributed by atoms with Crippen molar-refractivity contribution < 1.29 is 14.3 Å². The van der Waals surface area contributed by atoms with E-state index in [-0.39, 0.29) is 33.7 Å². The highest BCUT2D eigenvalue weighted by atomic mass is 16.5. The molecule has 0 aromatic carbocycles. The Hall–Kier alpha value is -1.12. The summed E-state index contributed by atoms with van der Waals surface area (Å²) in [6.45, 7) is 18.7. The number of carbonyl (C=O) groups is 2. The van der Waals surface area contributed by atoms with Crippen LogP contribution in [0.4, 0.5) is 0 Å². The van der Waals surface area contributed by atoms with Crippen LogP contribution in [-0.2, 0) is 14.3 Å². The van der Waals surface area contributed by atoms with Crippen LogP contribution in [0.15, 0.2) is 11.1 Å². The maximum Gasteiger partial charge on any atom is 0.302 e. The van der Waals surface area contributed by atoms with Gasteiger partial charge in [-0.3, -0.25) is 9.59 Å². The summed E-state index contributed by atoms with van der Waals surface area (Å²) in [6, 6.07) is 0. The van der Waals surface area contributed by atoms with E-state index in [1.165, 1.54) is 31.3 Å². The number of esters is 1. The van der Waals surface area contributed by atoms with Gasteiger partial charge >= 0.3 is 5.97 Å². The molecule has 5 aliphatic carbocycles. The van der Waals surface area contributed by atoms with E-state index >= 15 is 0 Å². The van der Waals surface area contributed by atoms with E-state index in [1.54, 1.807) is 12.5 Å². The molecule has 0 amide bonds. The largest absolute Gasteiger partial charge is 0.462 e. The molecule has 7 unspecified atom stereocenters. The summed E-state index contributed by atoms with van der Waals surface area (Å²) < 4.78 is 5.87. The fraction of sp³-hybridized carbons (Fsp3) is 0.871. The summed E-state index contributed by atoms with van der Waals surface area (Å²) in [5.41, 5.74) is 3.57. The second-order valence-electron chi connectivity index (χ2n) is 15.0. The molecule has 190 valence electrons. The van der Waals surface area contributed by atoms with Crippen molar-refractivity contribution in [2.45, 2.75) is 126 Å². The van der Waals surface area contributed by atoms with Crippen molar-refractivity contribution in [3.05, 3.63) is 11.1 Å². The minimum Gasteiger partial charge on any atom is -0.462 e. The Morgan fingerprint density at radius 2 is 1.53 bits per heavy atom. The van der Waals surface area contributed by atoms with Gasteiger partial charge in [-0.25, -0.2) is 0 Å². The number of hydrogen-bond donors (Lipinski definition) is 0. The number of hydrogen-bond acceptors (Lipinski definition) is 3. The summed E-state index contributed by atoms with van der Waals surface area (Å²) >= 11 is 0. The first-order valence-electron chi connectivity index (χ1n) is 14.1. The molecule has 0 aliphatic heterocycles. The van der Waals surface area contributed by atoms with Crippen LogP contribution in [0.25, 0.3) is 0 Å². The molecule has 0 aromatic heterocycles. The highest BCUT2D eigenvalue weighted by Gasteiger charge is 2.68. The monoisotopic (exact) mass is 468 g/mol. The van der Waals surface area contributed by atoms with Crippen molar-refractivity contribution >= 4 is 11.8 Å². The number of allylic oxidation sites excluding steroid dienone is 2. The molecule has 0 heterocycles. The molecule has 0 N–H and O–H groups in total. The summed E-state index contributed by atoms with van der Waals surface area (Å²) in [6.07, 6.45) is 11.0. The van der Waals surface area contributed by atoms with E-state index in [4.69, 9.17) is 4.74 Å². The minimum absolute atomic E-state index is 0.0107. The molecule has 3 fully saturated rings. The maximum atomic E-state index is 13.6. The molecule has 0 spiro atoms. The van der Waals surface area contributed by atoms with E-state index in [1.807, 2.05) is 0 Å². The fourth-order valence-corrected chi connectivity index (χ4v) is 10.6. The van der Waals surface area contributed by atoms with E-state index in [9.17, 15) is 9.59 Å². The van der Waals surface area contributed by atoms with Crippen LogP contribution in [0.2, 0.25) is 0 Å². The summed E-state index contributed by atoms with van der Waals surface area (Å²) in [5.74, 6) is 2.09. The Morgan fingerprint density at radius 3 is 2.21 bits per heavy atom. The topological polar surface area (TPSA) is 43.4 Å². The third kappa shape index (κ3) is 3.20. The van der Waals surface area contributed by atoms with Gasteiger partial charge in [0.2, 0.25) is 0 Å². The first-order valence-corrected chi connectivity index (χ1v) is 14.1. The third-order valence-corrected chi connectivity index (χ3v) is 12.5. The lowest BCUT2D eigenvalue weighted by Crippen LogP contribution is -2.65. The number of ketones is 1. The predicted molar refractivity (Wildman–Crippen MR) is 136 cm³/mol. The molecule has 34 heavy (non-hydrogen) atoms. The lowest BCUT2D eigenvalue weighted by Gasteiger charge is -2.71. The molecule has 3 heteroatoms. The number of Topliss-reactive ketones (excluding diaryl/α,β-unsaturated/α-hetero) is 1. The van der Waals surface area contributed by atoms with Gasteiger partial charge in [0.1, 0.15) is 6.10 Å². The first kappa shape index (κ1) is 24.6. The molecule has 0 saturated heterocycles. The van der Waals surface area contributed by atoms with Crippen LogP contribution < -0.4 is 0 Å². The van der Waals surface area contributed by atoms with Gasteiger partial charge in [-0.15, -0.1) is 0 Å². The Kier molecular flexibility index (Phi) is 5.38.